The van der Waals surface area contributed by atoms with Gasteiger partial charge in [0.05, 0.1) is 5.56 Å². The molecule has 1 aromatic carbocycles. The molecule has 0 saturated heterocycles. The Hall–Kier alpha value is -0.790. The maximum Gasteiger partial charge on any atom is 0.416 e. The van der Waals surface area contributed by atoms with Gasteiger partial charge >= 0.3 is 6.18 Å². The molecule has 1 N–H and O–H groups in total. The molecule has 104 valence electrons. The summed E-state index contributed by atoms with van der Waals surface area (Å²) in [5, 5.41) is 2.79. The van der Waals surface area contributed by atoms with Crippen molar-refractivity contribution >= 4 is 28.5 Å². The number of carbonyl (C=O) groups is 1. The molecule has 1 amide bonds. The zero-order chi connectivity index (χ0) is 14.0. The Labute approximate surface area is 122 Å². The van der Waals surface area contributed by atoms with Crippen LogP contribution in [0.5, 0.6) is 0 Å². The van der Waals surface area contributed by atoms with Crippen LogP contribution in [0.15, 0.2) is 18.2 Å². The van der Waals surface area contributed by atoms with E-state index in [-0.39, 0.29) is 11.6 Å². The summed E-state index contributed by atoms with van der Waals surface area (Å²) in [4.78, 5) is 12.0. The Kier molecular flexibility index (Phi) is 4.37. The van der Waals surface area contributed by atoms with Crippen LogP contribution in [0, 0.1) is 3.57 Å². The SMILES string of the molecule is O=C(NC1CCCC1)c1cc(I)cc(C(F)(F)F)c1. The predicted octanol–water partition coefficient (Wildman–Crippen LogP) is 3.98. The number of nitrogens with one attached hydrogen (secondary N) is 1. The van der Waals surface area contributed by atoms with E-state index in [0.29, 0.717) is 3.57 Å². The van der Waals surface area contributed by atoms with Crippen molar-refractivity contribution in [2.45, 2.75) is 37.9 Å². The second-order valence-electron chi connectivity index (χ2n) is 4.68. The number of hydrogen-bond acceptors (Lipinski definition) is 1. The maximum atomic E-state index is 12.7. The molecule has 1 aromatic rings. The molecule has 0 aromatic heterocycles. The van der Waals surface area contributed by atoms with Crippen LogP contribution in [0.3, 0.4) is 0 Å². The zero-order valence-electron chi connectivity index (χ0n) is 10.1. The van der Waals surface area contributed by atoms with Gasteiger partial charge in [-0.25, -0.2) is 0 Å². The average Bonchev–Trinajstić information content (AvgIpc) is 2.79. The fraction of sp³-hybridized carbons (Fsp3) is 0.462. The van der Waals surface area contributed by atoms with E-state index in [4.69, 9.17) is 0 Å². The lowest BCUT2D eigenvalue weighted by Crippen LogP contribution is -2.32. The monoisotopic (exact) mass is 383 g/mol. The Morgan fingerprint density at radius 3 is 2.42 bits per heavy atom. The number of carbonyl (C=O) groups excluding carboxylic acids is 1. The minimum atomic E-state index is -4.43. The summed E-state index contributed by atoms with van der Waals surface area (Å²) in [5.41, 5.74) is -0.706. The molecule has 2 nitrogen and oxygen atoms in total. The summed E-state index contributed by atoms with van der Waals surface area (Å²) in [7, 11) is 0. The van der Waals surface area contributed by atoms with Crippen LogP contribution in [0.2, 0.25) is 0 Å². The van der Waals surface area contributed by atoms with Gasteiger partial charge in [-0.3, -0.25) is 4.79 Å². The molecule has 0 spiro atoms. The standard InChI is InChI=1S/C13H13F3INO/c14-13(15,16)9-5-8(6-10(17)7-9)12(19)18-11-3-1-2-4-11/h5-7,11H,1-4H2,(H,18,19). The van der Waals surface area contributed by atoms with Gasteiger partial charge in [-0.1, -0.05) is 12.8 Å². The molecule has 0 heterocycles. The lowest BCUT2D eigenvalue weighted by Gasteiger charge is -2.14. The molecule has 0 bridgehead atoms. The highest BCUT2D eigenvalue weighted by molar-refractivity contribution is 14.1. The van der Waals surface area contributed by atoms with Crippen LogP contribution in [0.4, 0.5) is 13.2 Å². The number of alkyl halides is 3. The molecule has 0 atom stereocenters. The lowest BCUT2D eigenvalue weighted by atomic mass is 10.1. The first-order chi connectivity index (χ1) is 8.86. The van der Waals surface area contributed by atoms with Gasteiger partial charge in [-0.2, -0.15) is 13.2 Å². The molecule has 1 fully saturated rings. The van der Waals surface area contributed by atoms with Crippen molar-refractivity contribution in [3.05, 3.63) is 32.9 Å². The summed E-state index contributed by atoms with van der Waals surface area (Å²) in [6, 6.07) is 3.51. The summed E-state index contributed by atoms with van der Waals surface area (Å²) in [5.74, 6) is -0.420. The first-order valence-electron chi connectivity index (χ1n) is 6.05. The molecule has 19 heavy (non-hydrogen) atoms. The Morgan fingerprint density at radius 1 is 1.21 bits per heavy atom. The quantitative estimate of drug-likeness (QED) is 0.770. The minimum absolute atomic E-state index is 0.0751. The van der Waals surface area contributed by atoms with E-state index in [9.17, 15) is 18.0 Å². The topological polar surface area (TPSA) is 29.1 Å². The van der Waals surface area contributed by atoms with E-state index in [1.165, 1.54) is 6.07 Å². The van der Waals surface area contributed by atoms with Crippen molar-refractivity contribution < 1.29 is 18.0 Å². The first kappa shape index (κ1) is 14.6. The molecule has 1 saturated carbocycles. The molecule has 1 aliphatic carbocycles. The van der Waals surface area contributed by atoms with Gasteiger partial charge in [-0.15, -0.1) is 0 Å². The molecule has 2 rings (SSSR count). The van der Waals surface area contributed by atoms with Gasteiger partial charge in [0.1, 0.15) is 0 Å². The molecule has 0 radical (unpaired) electrons. The number of benzene rings is 1. The molecule has 0 aliphatic heterocycles. The Bertz CT molecular complexity index is 481. The van der Waals surface area contributed by atoms with Crippen LogP contribution in [-0.2, 0) is 6.18 Å². The Balaban J connectivity index is 2.19. The maximum absolute atomic E-state index is 12.7. The lowest BCUT2D eigenvalue weighted by molar-refractivity contribution is -0.137. The third kappa shape index (κ3) is 3.84. The van der Waals surface area contributed by atoms with Crippen LogP contribution >= 0.6 is 22.6 Å². The molecule has 0 unspecified atom stereocenters. The molecule has 1 aliphatic rings. The average molecular weight is 383 g/mol. The number of rotatable bonds is 2. The van der Waals surface area contributed by atoms with Gasteiger partial charge < -0.3 is 5.32 Å². The number of amides is 1. The zero-order valence-corrected chi connectivity index (χ0v) is 12.2. The van der Waals surface area contributed by atoms with Crippen LogP contribution in [0.1, 0.15) is 41.6 Å². The van der Waals surface area contributed by atoms with Gasteiger partial charge in [0.25, 0.3) is 5.91 Å². The fourth-order valence-corrected chi connectivity index (χ4v) is 2.89. The van der Waals surface area contributed by atoms with Gasteiger partial charge in [0, 0.05) is 15.2 Å². The minimum Gasteiger partial charge on any atom is -0.349 e. The van der Waals surface area contributed by atoms with Crippen molar-refractivity contribution in [1.29, 1.82) is 0 Å². The van der Waals surface area contributed by atoms with Crippen LogP contribution < -0.4 is 5.32 Å². The fourth-order valence-electron chi connectivity index (χ4n) is 2.22. The summed E-state index contributed by atoms with van der Waals surface area (Å²) < 4.78 is 38.4. The van der Waals surface area contributed by atoms with Gasteiger partial charge in [0.15, 0.2) is 0 Å². The summed E-state index contributed by atoms with van der Waals surface area (Å²) >= 11 is 1.79. The third-order valence-corrected chi connectivity index (χ3v) is 3.80. The third-order valence-electron chi connectivity index (χ3n) is 3.18. The summed E-state index contributed by atoms with van der Waals surface area (Å²) in [6.45, 7) is 0. The smallest absolute Gasteiger partial charge is 0.349 e. The van der Waals surface area contributed by atoms with E-state index >= 15 is 0 Å². The number of halogens is 4. The number of hydrogen-bond donors (Lipinski definition) is 1. The van der Waals surface area contributed by atoms with E-state index in [1.807, 2.05) is 0 Å². The van der Waals surface area contributed by atoms with Crippen molar-refractivity contribution in [2.75, 3.05) is 0 Å². The van der Waals surface area contributed by atoms with Crippen LogP contribution in [-0.4, -0.2) is 11.9 Å². The van der Waals surface area contributed by atoms with Crippen LogP contribution in [0.25, 0.3) is 0 Å². The van der Waals surface area contributed by atoms with E-state index < -0.39 is 17.6 Å². The molecular weight excluding hydrogens is 370 g/mol. The second-order valence-corrected chi connectivity index (χ2v) is 5.93. The largest absolute Gasteiger partial charge is 0.416 e. The molecule has 6 heteroatoms. The van der Waals surface area contributed by atoms with Crippen molar-refractivity contribution in [3.63, 3.8) is 0 Å². The van der Waals surface area contributed by atoms with Crippen molar-refractivity contribution in [3.8, 4) is 0 Å². The highest BCUT2D eigenvalue weighted by atomic mass is 127. The molecular formula is C13H13F3INO. The normalized spacial score (nSPS) is 16.6. The highest BCUT2D eigenvalue weighted by Gasteiger charge is 2.31. The van der Waals surface area contributed by atoms with Gasteiger partial charge in [0.2, 0.25) is 0 Å². The van der Waals surface area contributed by atoms with E-state index in [0.717, 1.165) is 37.8 Å². The second kappa shape index (κ2) is 5.68. The van der Waals surface area contributed by atoms with E-state index in [1.54, 1.807) is 22.6 Å². The highest BCUT2D eigenvalue weighted by Crippen LogP contribution is 2.31. The van der Waals surface area contributed by atoms with Gasteiger partial charge in [-0.05, 0) is 53.6 Å². The Morgan fingerprint density at radius 2 is 1.84 bits per heavy atom. The first-order valence-corrected chi connectivity index (χ1v) is 7.13. The van der Waals surface area contributed by atoms with E-state index in [2.05, 4.69) is 5.32 Å². The summed E-state index contributed by atoms with van der Waals surface area (Å²) in [6.07, 6.45) is -0.497. The van der Waals surface area contributed by atoms with Crippen molar-refractivity contribution in [2.24, 2.45) is 0 Å². The predicted molar refractivity (Wildman–Crippen MR) is 73.9 cm³/mol. The van der Waals surface area contributed by atoms with Crippen molar-refractivity contribution in [1.82, 2.24) is 5.32 Å².